The van der Waals surface area contributed by atoms with Crippen molar-refractivity contribution in [3.8, 4) is 5.75 Å². The van der Waals surface area contributed by atoms with Gasteiger partial charge >= 0.3 is 0 Å². The molecule has 0 saturated carbocycles. The number of fused-ring (bicyclic) bond motifs is 1. The Hall–Kier alpha value is -2.05. The lowest BCUT2D eigenvalue weighted by Crippen LogP contribution is -2.37. The predicted octanol–water partition coefficient (Wildman–Crippen LogP) is 2.15. The van der Waals surface area contributed by atoms with Crippen LogP contribution in [0.5, 0.6) is 5.75 Å². The summed E-state index contributed by atoms with van der Waals surface area (Å²) >= 11 is 5.94. The van der Waals surface area contributed by atoms with E-state index >= 15 is 0 Å². The van der Waals surface area contributed by atoms with Gasteiger partial charge in [0.2, 0.25) is 0 Å². The first kappa shape index (κ1) is 16.8. The summed E-state index contributed by atoms with van der Waals surface area (Å²) in [6.07, 6.45) is 1.17. The van der Waals surface area contributed by atoms with Gasteiger partial charge in [0.25, 0.3) is 5.91 Å². The van der Waals surface area contributed by atoms with Gasteiger partial charge in [0.1, 0.15) is 5.75 Å². The molecular formula is C17H20ClN3O3. The molecule has 1 aromatic carbocycles. The van der Waals surface area contributed by atoms with Crippen molar-refractivity contribution < 1.29 is 14.6 Å². The number of halogens is 1. The second-order valence-corrected chi connectivity index (χ2v) is 6.36. The Balaban J connectivity index is 1.66. The maximum atomic E-state index is 12.7. The zero-order chi connectivity index (χ0) is 17.3. The van der Waals surface area contributed by atoms with Crippen LogP contribution in [0.15, 0.2) is 24.4 Å². The number of nitrogens with zero attached hydrogens (tertiary/aromatic N) is 3. The average Bonchev–Trinajstić information content (AvgIpc) is 3.11. The van der Waals surface area contributed by atoms with Crippen molar-refractivity contribution >= 4 is 17.5 Å². The molecule has 1 amide bonds. The van der Waals surface area contributed by atoms with Gasteiger partial charge in [-0.25, -0.2) is 0 Å². The Bertz CT molecular complexity index is 760. The van der Waals surface area contributed by atoms with E-state index in [4.69, 9.17) is 21.4 Å². The SMILES string of the molecule is Cc1cc(Cl)ccc1O[C@@H](C)C(=O)N1Cc2cnn(CCO)c2C1. The van der Waals surface area contributed by atoms with Gasteiger partial charge in [0.15, 0.2) is 6.10 Å². The third kappa shape index (κ3) is 3.25. The summed E-state index contributed by atoms with van der Waals surface area (Å²) < 4.78 is 7.56. The molecule has 3 rings (SSSR count). The minimum absolute atomic E-state index is 0.0252. The summed E-state index contributed by atoms with van der Waals surface area (Å²) in [5, 5.41) is 13.9. The zero-order valence-electron chi connectivity index (χ0n) is 13.7. The van der Waals surface area contributed by atoms with Gasteiger partial charge in [-0.2, -0.15) is 5.10 Å². The molecule has 0 bridgehead atoms. The number of aliphatic hydroxyl groups excluding tert-OH is 1. The van der Waals surface area contributed by atoms with Crippen LogP contribution in [0.2, 0.25) is 5.02 Å². The fourth-order valence-corrected chi connectivity index (χ4v) is 3.12. The number of hydrogen-bond acceptors (Lipinski definition) is 4. The first-order valence-electron chi connectivity index (χ1n) is 7.85. The number of ether oxygens (including phenoxy) is 1. The topological polar surface area (TPSA) is 67.6 Å². The molecule has 1 aliphatic rings. The van der Waals surface area contributed by atoms with Crippen LogP contribution in [0.3, 0.4) is 0 Å². The summed E-state index contributed by atoms with van der Waals surface area (Å²) in [5.74, 6) is 0.583. The van der Waals surface area contributed by atoms with E-state index in [1.165, 1.54) is 0 Å². The normalized spacial score (nSPS) is 14.6. The first-order chi connectivity index (χ1) is 11.5. The van der Waals surface area contributed by atoms with E-state index in [-0.39, 0.29) is 12.5 Å². The number of aryl methyl sites for hydroxylation is 1. The number of aliphatic hydroxyl groups is 1. The van der Waals surface area contributed by atoms with Crippen LogP contribution in [-0.2, 0) is 24.4 Å². The molecule has 0 aliphatic carbocycles. The minimum Gasteiger partial charge on any atom is -0.481 e. The van der Waals surface area contributed by atoms with Crippen LogP contribution in [-0.4, -0.2) is 38.4 Å². The molecule has 0 unspecified atom stereocenters. The molecule has 1 aliphatic heterocycles. The quantitative estimate of drug-likeness (QED) is 0.898. The maximum absolute atomic E-state index is 12.7. The third-order valence-electron chi connectivity index (χ3n) is 4.15. The van der Waals surface area contributed by atoms with Crippen molar-refractivity contribution in [2.75, 3.05) is 6.61 Å². The van der Waals surface area contributed by atoms with E-state index in [2.05, 4.69) is 5.10 Å². The third-order valence-corrected chi connectivity index (χ3v) is 4.38. The van der Waals surface area contributed by atoms with Crippen LogP contribution in [0.1, 0.15) is 23.7 Å². The lowest BCUT2D eigenvalue weighted by Gasteiger charge is -2.22. The minimum atomic E-state index is -0.590. The van der Waals surface area contributed by atoms with Crippen LogP contribution in [0, 0.1) is 6.92 Å². The smallest absolute Gasteiger partial charge is 0.264 e. The van der Waals surface area contributed by atoms with Crippen molar-refractivity contribution in [1.82, 2.24) is 14.7 Å². The maximum Gasteiger partial charge on any atom is 0.264 e. The summed E-state index contributed by atoms with van der Waals surface area (Å²) in [6, 6.07) is 5.33. The molecule has 1 N–H and O–H groups in total. The van der Waals surface area contributed by atoms with E-state index in [0.29, 0.717) is 30.4 Å². The second kappa shape index (κ2) is 6.83. The van der Waals surface area contributed by atoms with Gasteiger partial charge in [-0.1, -0.05) is 11.6 Å². The fourth-order valence-electron chi connectivity index (χ4n) is 2.89. The lowest BCUT2D eigenvalue weighted by atomic mass is 10.2. The summed E-state index contributed by atoms with van der Waals surface area (Å²) in [5.41, 5.74) is 2.89. The molecule has 0 fully saturated rings. The largest absolute Gasteiger partial charge is 0.481 e. The van der Waals surface area contributed by atoms with Gasteiger partial charge in [-0.05, 0) is 37.6 Å². The Kier molecular flexibility index (Phi) is 4.78. The number of carbonyl (C=O) groups is 1. The zero-order valence-corrected chi connectivity index (χ0v) is 14.5. The second-order valence-electron chi connectivity index (χ2n) is 5.93. The van der Waals surface area contributed by atoms with E-state index in [0.717, 1.165) is 16.8 Å². The number of hydrogen-bond donors (Lipinski definition) is 1. The molecule has 7 heteroatoms. The number of amides is 1. The van der Waals surface area contributed by atoms with Crippen LogP contribution < -0.4 is 4.74 Å². The lowest BCUT2D eigenvalue weighted by molar-refractivity contribution is -0.138. The van der Waals surface area contributed by atoms with Gasteiger partial charge in [-0.15, -0.1) is 0 Å². The van der Waals surface area contributed by atoms with Crippen LogP contribution in [0.25, 0.3) is 0 Å². The highest BCUT2D eigenvalue weighted by molar-refractivity contribution is 6.30. The average molecular weight is 350 g/mol. The molecule has 1 aromatic heterocycles. The van der Waals surface area contributed by atoms with E-state index < -0.39 is 6.10 Å². The molecule has 6 nitrogen and oxygen atoms in total. The van der Waals surface area contributed by atoms with Gasteiger partial charge in [-0.3, -0.25) is 9.48 Å². The Morgan fingerprint density at radius 3 is 2.96 bits per heavy atom. The molecule has 0 radical (unpaired) electrons. The fraction of sp³-hybridized carbons (Fsp3) is 0.412. The summed E-state index contributed by atoms with van der Waals surface area (Å²) in [7, 11) is 0. The number of carbonyl (C=O) groups excluding carboxylic acids is 1. The van der Waals surface area contributed by atoms with Gasteiger partial charge in [0.05, 0.1) is 31.6 Å². The first-order valence-corrected chi connectivity index (χ1v) is 8.23. The highest BCUT2D eigenvalue weighted by Gasteiger charge is 2.30. The molecular weight excluding hydrogens is 330 g/mol. The molecule has 2 aromatic rings. The van der Waals surface area contributed by atoms with Crippen LogP contribution in [0.4, 0.5) is 0 Å². The molecule has 128 valence electrons. The number of rotatable bonds is 5. The van der Waals surface area contributed by atoms with Crippen molar-refractivity contribution in [3.63, 3.8) is 0 Å². The molecule has 0 spiro atoms. The van der Waals surface area contributed by atoms with E-state index in [9.17, 15) is 4.79 Å². The van der Waals surface area contributed by atoms with Gasteiger partial charge in [0, 0.05) is 17.1 Å². The van der Waals surface area contributed by atoms with Crippen molar-refractivity contribution in [2.45, 2.75) is 39.6 Å². The monoisotopic (exact) mass is 349 g/mol. The van der Waals surface area contributed by atoms with E-state index in [1.54, 1.807) is 34.8 Å². The predicted molar refractivity (Wildman–Crippen MR) is 89.8 cm³/mol. The summed E-state index contributed by atoms with van der Waals surface area (Å²) in [6.45, 7) is 5.12. The summed E-state index contributed by atoms with van der Waals surface area (Å²) in [4.78, 5) is 14.4. The molecule has 1 atom stereocenters. The van der Waals surface area contributed by atoms with Gasteiger partial charge < -0.3 is 14.7 Å². The van der Waals surface area contributed by atoms with Crippen molar-refractivity contribution in [2.24, 2.45) is 0 Å². The standard InChI is InChI=1S/C17H20ClN3O3/c1-11-7-14(18)3-4-16(11)24-12(2)17(23)20-9-13-8-19-21(5-6-22)15(13)10-20/h3-4,7-8,12,22H,5-6,9-10H2,1-2H3/t12-/m0/s1. The molecule has 0 saturated heterocycles. The van der Waals surface area contributed by atoms with Crippen LogP contribution >= 0.6 is 11.6 Å². The Morgan fingerprint density at radius 1 is 1.46 bits per heavy atom. The molecule has 24 heavy (non-hydrogen) atoms. The Labute approximate surface area is 145 Å². The highest BCUT2D eigenvalue weighted by Crippen LogP contribution is 2.26. The van der Waals surface area contributed by atoms with E-state index in [1.807, 2.05) is 13.0 Å². The van der Waals surface area contributed by atoms with Crippen molar-refractivity contribution in [3.05, 3.63) is 46.2 Å². The van der Waals surface area contributed by atoms with Crippen molar-refractivity contribution in [1.29, 1.82) is 0 Å². The molecule has 2 heterocycles. The Morgan fingerprint density at radius 2 is 2.25 bits per heavy atom. The number of benzene rings is 1. The number of aromatic nitrogens is 2. The highest BCUT2D eigenvalue weighted by atomic mass is 35.5.